The summed E-state index contributed by atoms with van der Waals surface area (Å²) in [6, 6.07) is 2.44. The van der Waals surface area contributed by atoms with Crippen LogP contribution < -0.4 is 9.47 Å². The molecule has 0 amide bonds. The van der Waals surface area contributed by atoms with Gasteiger partial charge in [0, 0.05) is 6.07 Å². The van der Waals surface area contributed by atoms with Gasteiger partial charge in [-0.15, -0.1) is 0 Å². The second kappa shape index (κ2) is 5.81. The first-order valence-corrected chi connectivity index (χ1v) is 5.14. The molecule has 0 bridgehead atoms. The number of hydrogen-bond donors (Lipinski definition) is 0. The standard InChI is InChI=1S/C12H13NO5/c1-4-8(2)18-12-6-10(13(15)16)9(7-14)5-11(12)17-3/h4-8H,1H2,2-3H3. The van der Waals surface area contributed by atoms with Crippen LogP contribution in [0.1, 0.15) is 17.3 Å². The Kier molecular flexibility index (Phi) is 4.42. The third-order valence-electron chi connectivity index (χ3n) is 2.28. The quantitative estimate of drug-likeness (QED) is 0.335. The Balaban J connectivity index is 3.31. The molecule has 0 saturated carbocycles. The Labute approximate surface area is 104 Å². The third kappa shape index (κ3) is 2.85. The highest BCUT2D eigenvalue weighted by Gasteiger charge is 2.20. The zero-order valence-electron chi connectivity index (χ0n) is 10.1. The molecule has 0 aliphatic carbocycles. The molecule has 18 heavy (non-hydrogen) atoms. The number of carbonyl (C=O) groups excluding carboxylic acids is 1. The predicted octanol–water partition coefficient (Wildman–Crippen LogP) is 2.37. The number of hydrogen-bond acceptors (Lipinski definition) is 5. The molecule has 0 N–H and O–H groups in total. The summed E-state index contributed by atoms with van der Waals surface area (Å²) in [5.74, 6) is 0.457. The number of nitro groups is 1. The van der Waals surface area contributed by atoms with Gasteiger partial charge in [-0.05, 0) is 6.92 Å². The number of benzene rings is 1. The minimum absolute atomic E-state index is 0.0598. The van der Waals surface area contributed by atoms with Crippen molar-refractivity contribution in [2.75, 3.05) is 7.11 Å². The summed E-state index contributed by atoms with van der Waals surface area (Å²) in [5, 5.41) is 10.8. The van der Waals surface area contributed by atoms with Crippen LogP contribution in [0.3, 0.4) is 0 Å². The van der Waals surface area contributed by atoms with Crippen LogP contribution in [0.2, 0.25) is 0 Å². The number of ether oxygens (including phenoxy) is 2. The summed E-state index contributed by atoms with van der Waals surface area (Å²) in [6.45, 7) is 5.28. The predicted molar refractivity (Wildman–Crippen MR) is 65.3 cm³/mol. The second-order valence-corrected chi connectivity index (χ2v) is 3.50. The minimum Gasteiger partial charge on any atom is -0.493 e. The van der Waals surface area contributed by atoms with Crippen molar-refractivity contribution in [3.8, 4) is 11.5 Å². The Morgan fingerprint density at radius 3 is 2.56 bits per heavy atom. The molecule has 6 heteroatoms. The monoisotopic (exact) mass is 251 g/mol. The largest absolute Gasteiger partial charge is 0.493 e. The first-order chi connectivity index (χ1) is 8.53. The van der Waals surface area contributed by atoms with Crippen LogP contribution in [0.5, 0.6) is 11.5 Å². The summed E-state index contributed by atoms with van der Waals surface area (Å²) < 4.78 is 10.4. The maximum Gasteiger partial charge on any atom is 0.283 e. The fraction of sp³-hybridized carbons (Fsp3) is 0.250. The molecule has 96 valence electrons. The number of nitrogens with zero attached hydrogens (tertiary/aromatic N) is 1. The van der Waals surface area contributed by atoms with E-state index in [9.17, 15) is 14.9 Å². The molecule has 0 fully saturated rings. The van der Waals surface area contributed by atoms with E-state index in [1.165, 1.54) is 19.2 Å². The molecule has 0 heterocycles. The SMILES string of the molecule is C=CC(C)Oc1cc([N+](=O)[O-])c(C=O)cc1OC. The lowest BCUT2D eigenvalue weighted by molar-refractivity contribution is -0.385. The zero-order chi connectivity index (χ0) is 13.7. The van der Waals surface area contributed by atoms with E-state index in [4.69, 9.17) is 9.47 Å². The van der Waals surface area contributed by atoms with Crippen LogP contribution in [0.4, 0.5) is 5.69 Å². The summed E-state index contributed by atoms with van der Waals surface area (Å²) >= 11 is 0. The van der Waals surface area contributed by atoms with Crippen LogP contribution in [0.25, 0.3) is 0 Å². The Bertz CT molecular complexity index is 484. The van der Waals surface area contributed by atoms with Crippen molar-refractivity contribution in [1.29, 1.82) is 0 Å². The molecular formula is C12H13NO5. The van der Waals surface area contributed by atoms with Gasteiger partial charge in [0.25, 0.3) is 5.69 Å². The Morgan fingerprint density at radius 1 is 1.44 bits per heavy atom. The molecule has 1 aromatic rings. The van der Waals surface area contributed by atoms with E-state index in [2.05, 4.69) is 6.58 Å². The molecule has 0 spiro atoms. The van der Waals surface area contributed by atoms with E-state index >= 15 is 0 Å². The lowest BCUT2D eigenvalue weighted by Gasteiger charge is -2.14. The van der Waals surface area contributed by atoms with Crippen LogP contribution in [-0.4, -0.2) is 24.4 Å². The number of nitro benzene ring substituents is 1. The van der Waals surface area contributed by atoms with Gasteiger partial charge in [0.15, 0.2) is 17.8 Å². The molecule has 0 aliphatic heterocycles. The molecule has 1 atom stereocenters. The van der Waals surface area contributed by atoms with E-state index in [1.54, 1.807) is 13.0 Å². The maximum absolute atomic E-state index is 10.8. The van der Waals surface area contributed by atoms with Crippen molar-refractivity contribution in [3.63, 3.8) is 0 Å². The molecule has 6 nitrogen and oxygen atoms in total. The summed E-state index contributed by atoms with van der Waals surface area (Å²) in [5.41, 5.74) is -0.382. The van der Waals surface area contributed by atoms with Crippen molar-refractivity contribution in [1.82, 2.24) is 0 Å². The van der Waals surface area contributed by atoms with Gasteiger partial charge < -0.3 is 9.47 Å². The maximum atomic E-state index is 10.8. The molecule has 0 aromatic heterocycles. The van der Waals surface area contributed by atoms with Crippen molar-refractivity contribution in [2.45, 2.75) is 13.0 Å². The normalized spacial score (nSPS) is 11.4. The van der Waals surface area contributed by atoms with E-state index in [0.29, 0.717) is 6.29 Å². The number of methoxy groups -OCH3 is 1. The average molecular weight is 251 g/mol. The fourth-order valence-corrected chi connectivity index (χ4v) is 1.32. The minimum atomic E-state index is -0.644. The molecule has 1 rings (SSSR count). The highest BCUT2D eigenvalue weighted by Crippen LogP contribution is 2.34. The van der Waals surface area contributed by atoms with Crippen LogP contribution >= 0.6 is 0 Å². The smallest absolute Gasteiger partial charge is 0.283 e. The van der Waals surface area contributed by atoms with Gasteiger partial charge in [0.2, 0.25) is 0 Å². The first kappa shape index (κ1) is 13.7. The molecule has 0 saturated heterocycles. The van der Waals surface area contributed by atoms with Crippen LogP contribution in [0.15, 0.2) is 24.8 Å². The van der Waals surface area contributed by atoms with Gasteiger partial charge in [-0.25, -0.2) is 0 Å². The number of rotatable bonds is 6. The molecule has 1 unspecified atom stereocenters. The van der Waals surface area contributed by atoms with E-state index in [-0.39, 0.29) is 28.9 Å². The summed E-state index contributed by atoms with van der Waals surface area (Å²) in [4.78, 5) is 20.9. The molecule has 0 aliphatic rings. The van der Waals surface area contributed by atoms with Gasteiger partial charge >= 0.3 is 0 Å². The lowest BCUT2D eigenvalue weighted by Crippen LogP contribution is -2.09. The van der Waals surface area contributed by atoms with Gasteiger partial charge in [-0.3, -0.25) is 14.9 Å². The van der Waals surface area contributed by atoms with Gasteiger partial charge in [0.1, 0.15) is 6.10 Å². The van der Waals surface area contributed by atoms with Crippen LogP contribution in [0, 0.1) is 10.1 Å². The highest BCUT2D eigenvalue weighted by molar-refractivity contribution is 5.83. The highest BCUT2D eigenvalue weighted by atomic mass is 16.6. The van der Waals surface area contributed by atoms with Crippen LogP contribution in [-0.2, 0) is 0 Å². The van der Waals surface area contributed by atoms with Crippen molar-refractivity contribution < 1.29 is 19.2 Å². The van der Waals surface area contributed by atoms with Gasteiger partial charge in [-0.2, -0.15) is 0 Å². The average Bonchev–Trinajstić information content (AvgIpc) is 2.37. The Morgan fingerprint density at radius 2 is 2.11 bits per heavy atom. The second-order valence-electron chi connectivity index (χ2n) is 3.50. The topological polar surface area (TPSA) is 78.7 Å². The number of aldehydes is 1. The molecule has 1 aromatic carbocycles. The number of carbonyl (C=O) groups is 1. The summed E-state index contributed by atoms with van der Waals surface area (Å²) in [7, 11) is 1.39. The fourth-order valence-electron chi connectivity index (χ4n) is 1.32. The van der Waals surface area contributed by atoms with E-state index in [1.807, 2.05) is 0 Å². The lowest BCUT2D eigenvalue weighted by atomic mass is 10.1. The summed E-state index contributed by atoms with van der Waals surface area (Å²) in [6.07, 6.45) is 1.61. The zero-order valence-corrected chi connectivity index (χ0v) is 10.1. The Hall–Kier alpha value is -2.37. The van der Waals surface area contributed by atoms with E-state index in [0.717, 1.165) is 0 Å². The first-order valence-electron chi connectivity index (χ1n) is 5.14. The van der Waals surface area contributed by atoms with Gasteiger partial charge in [-0.1, -0.05) is 12.7 Å². The van der Waals surface area contributed by atoms with Crippen molar-refractivity contribution in [2.24, 2.45) is 0 Å². The van der Waals surface area contributed by atoms with Crippen molar-refractivity contribution >= 4 is 12.0 Å². The third-order valence-corrected chi connectivity index (χ3v) is 2.28. The van der Waals surface area contributed by atoms with Gasteiger partial charge in [0.05, 0.1) is 23.7 Å². The molecular weight excluding hydrogens is 238 g/mol. The van der Waals surface area contributed by atoms with Crippen molar-refractivity contribution in [3.05, 3.63) is 40.5 Å². The van der Waals surface area contributed by atoms with E-state index < -0.39 is 4.92 Å². The molecule has 0 radical (unpaired) electrons.